The molecule has 2 atom stereocenters. The van der Waals surface area contributed by atoms with Gasteiger partial charge in [-0.15, -0.1) is 23.3 Å². The van der Waals surface area contributed by atoms with Gasteiger partial charge in [0.05, 0.1) is 0 Å². The van der Waals surface area contributed by atoms with Crippen molar-refractivity contribution in [2.24, 2.45) is 0 Å². The van der Waals surface area contributed by atoms with Gasteiger partial charge in [0.1, 0.15) is 0 Å². The minimum absolute atomic E-state index is 0. The monoisotopic (exact) mass is 712 g/mol. The molecule has 0 radical (unpaired) electrons. The minimum Gasteiger partial charge on any atom is -1.00 e. The third-order valence-electron chi connectivity index (χ3n) is 7.71. The molecule has 0 amide bonds. The molecule has 0 N–H and O–H groups in total. The van der Waals surface area contributed by atoms with Gasteiger partial charge >= 0.3 is 41.9 Å². The van der Waals surface area contributed by atoms with Crippen LogP contribution in [0.2, 0.25) is 13.1 Å². The Morgan fingerprint density at radius 2 is 0.932 bits per heavy atom. The van der Waals surface area contributed by atoms with Crippen molar-refractivity contribution in [1.82, 2.24) is 0 Å². The van der Waals surface area contributed by atoms with Crippen molar-refractivity contribution >= 4 is 17.6 Å². The van der Waals surface area contributed by atoms with E-state index < -0.39 is 0 Å². The average molecular weight is 715 g/mol. The van der Waals surface area contributed by atoms with E-state index in [0.717, 1.165) is 0 Å². The van der Waals surface area contributed by atoms with Crippen LogP contribution in [0.4, 0.5) is 0 Å². The Morgan fingerprint density at radius 1 is 0.568 bits per heavy atom. The molecule has 6 rings (SSSR count). The van der Waals surface area contributed by atoms with Gasteiger partial charge in [-0.3, -0.25) is 12.2 Å². The Hall–Kier alpha value is -1.96. The van der Waals surface area contributed by atoms with E-state index in [9.17, 15) is 0 Å². The van der Waals surface area contributed by atoms with Gasteiger partial charge in [-0.1, -0.05) is 149 Å². The Bertz CT molecular complexity index is 1380. The van der Waals surface area contributed by atoms with Gasteiger partial charge in [-0.05, 0) is 22.3 Å². The van der Waals surface area contributed by atoms with Crippen LogP contribution >= 0.6 is 0 Å². The van der Waals surface area contributed by atoms with Crippen molar-refractivity contribution in [3.63, 3.8) is 0 Å². The fraction of sp³-hybridized carbons (Fsp3) is 0.300. The summed E-state index contributed by atoms with van der Waals surface area (Å²) >= 11 is 1.74. The third kappa shape index (κ3) is 11.1. The number of fused-ring (bicyclic) bond motifs is 2. The van der Waals surface area contributed by atoms with E-state index in [-0.39, 0.29) is 30.2 Å². The van der Waals surface area contributed by atoms with Crippen LogP contribution in [0, 0.1) is 12.2 Å². The number of hydrogen-bond acceptors (Lipinski definition) is 0. The number of allylic oxidation sites excluding steroid dienone is 2. The molecule has 0 fully saturated rings. The summed E-state index contributed by atoms with van der Waals surface area (Å²) in [7, 11) is 0. The molecule has 4 aromatic carbocycles. The third-order valence-corrected chi connectivity index (χ3v) is 7.71. The first kappa shape index (κ1) is 38.2. The maximum absolute atomic E-state index is 3.51. The van der Waals surface area contributed by atoms with Crippen LogP contribution in [0.15, 0.2) is 97.1 Å². The van der Waals surface area contributed by atoms with Gasteiger partial charge in [-0.2, -0.15) is 11.1 Å². The molecular formula is C40H44Cl2SiZr-2. The Morgan fingerprint density at radius 3 is 1.27 bits per heavy atom. The van der Waals surface area contributed by atoms with Crippen LogP contribution in [0.25, 0.3) is 34.4 Å². The van der Waals surface area contributed by atoms with Gasteiger partial charge in [-0.25, -0.2) is 12.2 Å². The molecule has 0 aromatic heterocycles. The molecule has 0 spiro atoms. The van der Waals surface area contributed by atoms with Crippen LogP contribution in [0.1, 0.15) is 86.5 Å². The molecule has 2 aliphatic carbocycles. The van der Waals surface area contributed by atoms with Crippen molar-refractivity contribution in [1.29, 1.82) is 0 Å². The fourth-order valence-corrected chi connectivity index (χ4v) is 5.49. The number of benzene rings is 4. The van der Waals surface area contributed by atoms with E-state index in [1.807, 2.05) is 0 Å². The predicted octanol–water partition coefficient (Wildman–Crippen LogP) is 5.71. The maximum atomic E-state index is 3.51. The van der Waals surface area contributed by atoms with Gasteiger partial charge < -0.3 is 24.8 Å². The summed E-state index contributed by atoms with van der Waals surface area (Å²) in [6, 6.07) is 34.8. The second kappa shape index (κ2) is 20.2. The summed E-state index contributed by atoms with van der Waals surface area (Å²) in [6.45, 7) is 9.12. The van der Waals surface area contributed by atoms with E-state index in [1.165, 1.54) is 83.0 Å². The zero-order chi connectivity index (χ0) is 29.7. The van der Waals surface area contributed by atoms with E-state index in [1.54, 1.807) is 23.3 Å². The second-order valence-electron chi connectivity index (χ2n) is 11.4. The van der Waals surface area contributed by atoms with Crippen LogP contribution < -0.4 is 24.8 Å². The molecule has 0 saturated heterocycles. The largest absolute Gasteiger partial charge is 1.00 e. The quantitative estimate of drug-likeness (QED) is 0.162. The number of halogens is 2. The minimum atomic E-state index is 0. The van der Waals surface area contributed by atoms with E-state index in [4.69, 9.17) is 0 Å². The van der Waals surface area contributed by atoms with Crippen LogP contribution in [0.5, 0.6) is 0 Å². The summed E-state index contributed by atoms with van der Waals surface area (Å²) in [4.78, 5) is 0. The molecule has 0 saturated carbocycles. The van der Waals surface area contributed by atoms with Gasteiger partial charge in [0.2, 0.25) is 0 Å². The van der Waals surface area contributed by atoms with Crippen molar-refractivity contribution < 1.29 is 48.1 Å². The topological polar surface area (TPSA) is 0 Å². The standard InChI is InChI=1S/2C19H19.C2H6Si.2ClH.Zr/c2*1-2-3-7-16-10-11-17-12-13-18(14-19(16)17)15-8-5-4-6-9-15;1-3-2;;;/h2*4-6,8-9,11-14,16H,2-3,7H2,1H3;1-2H3;2*1H;/q2*-1;;;;+2/p-2. The maximum Gasteiger partial charge on any atom is -1.00 e. The molecule has 2 aliphatic rings. The average Bonchev–Trinajstić information content (AvgIpc) is 3.63. The van der Waals surface area contributed by atoms with Crippen LogP contribution in [0.3, 0.4) is 0 Å². The summed E-state index contributed by atoms with van der Waals surface area (Å²) in [5.41, 5.74) is 11.0. The molecule has 228 valence electrons. The smallest absolute Gasteiger partial charge is 1.00 e. The SMILES string of the molecule is CCCCC1[C-]=Cc2ccc(-c3ccccc3)cc21.CCCCC1[C-]=Cc2ccc(-c3ccccc3)cc21.C[Si](C)=[Zr+2].[Cl-].[Cl-]. The zero-order valence-electron chi connectivity index (χ0n) is 26.5. The van der Waals surface area contributed by atoms with Gasteiger partial charge in [0.15, 0.2) is 0 Å². The first-order valence-electron chi connectivity index (χ1n) is 15.6. The van der Waals surface area contributed by atoms with E-state index in [2.05, 4.69) is 148 Å². The van der Waals surface area contributed by atoms with E-state index in [0.29, 0.717) is 11.8 Å². The summed E-state index contributed by atoms with van der Waals surface area (Å²) in [5, 5.41) is 0. The van der Waals surface area contributed by atoms with Crippen molar-refractivity contribution in [2.45, 2.75) is 77.3 Å². The van der Waals surface area contributed by atoms with Crippen molar-refractivity contribution in [3.8, 4) is 22.3 Å². The molecule has 0 heterocycles. The van der Waals surface area contributed by atoms with Crippen LogP contribution in [-0.4, -0.2) is 5.43 Å². The second-order valence-corrected chi connectivity index (χ2v) is 20.8. The van der Waals surface area contributed by atoms with Gasteiger partial charge in [0.25, 0.3) is 0 Å². The zero-order valence-corrected chi connectivity index (χ0v) is 31.5. The molecule has 4 aromatic rings. The van der Waals surface area contributed by atoms with Crippen LogP contribution in [-0.2, 0) is 23.3 Å². The van der Waals surface area contributed by atoms with E-state index >= 15 is 0 Å². The molecule has 0 bridgehead atoms. The molecule has 44 heavy (non-hydrogen) atoms. The Kier molecular flexibility index (Phi) is 17.6. The van der Waals surface area contributed by atoms with Crippen molar-refractivity contribution in [3.05, 3.63) is 131 Å². The molecule has 0 aliphatic heterocycles. The predicted molar refractivity (Wildman–Crippen MR) is 181 cm³/mol. The molecule has 2 unspecified atom stereocenters. The Labute approximate surface area is 294 Å². The summed E-state index contributed by atoms with van der Waals surface area (Å²) in [6.07, 6.45) is 18.8. The summed E-state index contributed by atoms with van der Waals surface area (Å²) in [5.74, 6) is 0.997. The molecule has 4 heteroatoms. The van der Waals surface area contributed by atoms with Gasteiger partial charge in [0, 0.05) is 0 Å². The Balaban J connectivity index is 0.000000263. The first-order valence-corrected chi connectivity index (χ1v) is 21.8. The summed E-state index contributed by atoms with van der Waals surface area (Å²) < 4.78 is 0. The molecule has 0 nitrogen and oxygen atoms in total. The number of rotatable bonds is 8. The number of unbranched alkanes of at least 4 members (excludes halogenated alkanes) is 2. The number of hydrogen-bond donors (Lipinski definition) is 0. The first-order chi connectivity index (χ1) is 20.5. The normalized spacial score (nSPS) is 15.0. The fourth-order valence-electron chi connectivity index (χ4n) is 5.49. The molecular weight excluding hydrogens is 671 g/mol. The van der Waals surface area contributed by atoms with Crippen molar-refractivity contribution in [2.75, 3.05) is 0 Å².